The van der Waals surface area contributed by atoms with E-state index in [0.29, 0.717) is 16.9 Å². The number of carbonyl (C=O) groups excluding carboxylic acids is 1. The second kappa shape index (κ2) is 7.87. The molecule has 7 nitrogen and oxygen atoms in total. The molecule has 2 aliphatic rings. The maximum atomic E-state index is 13.8. The molecular weight excluding hydrogens is 438 g/mol. The standard InChI is InChI=1S/C25H26F2N6O/c1-30-10-4-11-31(14-13-30)21-8-7-17-15-18(24(34)32-12-9-25(26,27)16-32)23-28-19-5-2-3-6-20(19)33(23)22(17)29-21/h2-3,5-8,15H,4,9-14,16H2,1H3. The number of hydrogen-bond donors (Lipinski definition) is 0. The monoisotopic (exact) mass is 464 g/mol. The molecule has 0 atom stereocenters. The Balaban J connectivity index is 1.53. The number of para-hydroxylation sites is 2. The summed E-state index contributed by atoms with van der Waals surface area (Å²) in [6.07, 6.45) is 0.752. The number of halogens is 2. The van der Waals surface area contributed by atoms with Crippen LogP contribution in [-0.2, 0) is 0 Å². The van der Waals surface area contributed by atoms with Crippen LogP contribution in [0.4, 0.5) is 14.6 Å². The fourth-order valence-electron chi connectivity index (χ4n) is 5.07. The zero-order valence-electron chi connectivity index (χ0n) is 19.0. The third kappa shape index (κ3) is 3.55. The highest BCUT2D eigenvalue weighted by atomic mass is 19.3. The van der Waals surface area contributed by atoms with E-state index in [9.17, 15) is 13.6 Å². The van der Waals surface area contributed by atoms with E-state index >= 15 is 0 Å². The van der Waals surface area contributed by atoms with Gasteiger partial charge in [0.1, 0.15) is 11.5 Å². The topological polar surface area (TPSA) is 57.0 Å². The molecule has 176 valence electrons. The van der Waals surface area contributed by atoms with Crippen LogP contribution in [0.5, 0.6) is 0 Å². The molecule has 0 radical (unpaired) electrons. The lowest BCUT2D eigenvalue weighted by Crippen LogP contribution is -2.31. The Kier molecular flexibility index (Phi) is 4.91. The summed E-state index contributed by atoms with van der Waals surface area (Å²) in [6, 6.07) is 13.4. The highest BCUT2D eigenvalue weighted by molar-refractivity contribution is 6.05. The third-order valence-electron chi connectivity index (χ3n) is 6.93. The lowest BCUT2D eigenvalue weighted by Gasteiger charge is -2.22. The lowest BCUT2D eigenvalue weighted by molar-refractivity contribution is 0.0120. The summed E-state index contributed by atoms with van der Waals surface area (Å²) in [6.45, 7) is 3.32. The Hall–Kier alpha value is -3.33. The van der Waals surface area contributed by atoms with Crippen molar-refractivity contribution in [3.63, 3.8) is 0 Å². The predicted octanol–water partition coefficient (Wildman–Crippen LogP) is 3.66. The van der Waals surface area contributed by atoms with Gasteiger partial charge in [-0.3, -0.25) is 9.20 Å². The number of fused-ring (bicyclic) bond motifs is 5. The SMILES string of the molecule is CN1CCCN(c2ccc3cc(C(=O)N4CCC(F)(F)C4)c4nc5ccccc5n4c3n2)CC1. The first-order chi connectivity index (χ1) is 16.4. The Labute approximate surface area is 195 Å². The highest BCUT2D eigenvalue weighted by Crippen LogP contribution is 2.31. The molecule has 2 aliphatic heterocycles. The fraction of sp³-hybridized carbons (Fsp3) is 0.400. The molecule has 0 aliphatic carbocycles. The van der Waals surface area contributed by atoms with Crippen molar-refractivity contribution in [3.05, 3.63) is 48.0 Å². The summed E-state index contributed by atoms with van der Waals surface area (Å²) in [5.74, 6) is -2.38. The van der Waals surface area contributed by atoms with Crippen LogP contribution >= 0.6 is 0 Å². The number of alkyl halides is 2. The summed E-state index contributed by atoms with van der Waals surface area (Å²) in [5.41, 5.74) is 3.06. The first kappa shape index (κ1) is 21.2. The normalized spacial score (nSPS) is 19.4. The molecule has 1 aromatic carbocycles. The molecule has 0 N–H and O–H groups in total. The van der Waals surface area contributed by atoms with Crippen molar-refractivity contribution in [3.8, 4) is 0 Å². The van der Waals surface area contributed by atoms with Gasteiger partial charge in [0, 0.05) is 38.0 Å². The maximum absolute atomic E-state index is 13.8. The molecule has 34 heavy (non-hydrogen) atoms. The maximum Gasteiger partial charge on any atom is 0.267 e. The zero-order valence-corrected chi connectivity index (χ0v) is 19.0. The second-order valence-electron chi connectivity index (χ2n) is 9.38. The van der Waals surface area contributed by atoms with Gasteiger partial charge in [0.05, 0.1) is 23.1 Å². The van der Waals surface area contributed by atoms with E-state index in [1.807, 2.05) is 40.8 Å². The second-order valence-corrected chi connectivity index (χ2v) is 9.38. The summed E-state index contributed by atoms with van der Waals surface area (Å²) in [4.78, 5) is 29.0. The van der Waals surface area contributed by atoms with Crippen LogP contribution in [0.3, 0.4) is 0 Å². The van der Waals surface area contributed by atoms with Gasteiger partial charge in [0.15, 0.2) is 5.65 Å². The van der Waals surface area contributed by atoms with Crippen LogP contribution in [0, 0.1) is 0 Å². The third-order valence-corrected chi connectivity index (χ3v) is 6.93. The minimum Gasteiger partial charge on any atom is -0.355 e. The van der Waals surface area contributed by atoms with Crippen molar-refractivity contribution in [2.24, 2.45) is 0 Å². The van der Waals surface area contributed by atoms with Gasteiger partial charge < -0.3 is 14.7 Å². The largest absolute Gasteiger partial charge is 0.355 e. The number of amides is 1. The van der Waals surface area contributed by atoms with Crippen LogP contribution in [0.15, 0.2) is 42.5 Å². The molecular formula is C25H26F2N6O. The van der Waals surface area contributed by atoms with Crippen molar-refractivity contribution >= 4 is 39.4 Å². The first-order valence-corrected chi connectivity index (χ1v) is 11.7. The Morgan fingerprint density at radius 3 is 2.65 bits per heavy atom. The molecule has 0 bridgehead atoms. The number of likely N-dealkylation sites (tertiary alicyclic amines) is 1. The molecule has 4 aromatic rings. The number of aromatic nitrogens is 3. The number of hydrogen-bond acceptors (Lipinski definition) is 5. The van der Waals surface area contributed by atoms with Gasteiger partial charge in [0.2, 0.25) is 0 Å². The molecule has 5 heterocycles. The quantitative estimate of drug-likeness (QED) is 0.453. The summed E-state index contributed by atoms with van der Waals surface area (Å²) in [7, 11) is 2.13. The van der Waals surface area contributed by atoms with Gasteiger partial charge >= 0.3 is 0 Å². The predicted molar refractivity (Wildman–Crippen MR) is 128 cm³/mol. The average Bonchev–Trinajstić information content (AvgIpc) is 3.32. The van der Waals surface area contributed by atoms with E-state index in [4.69, 9.17) is 9.97 Å². The van der Waals surface area contributed by atoms with Gasteiger partial charge in [-0.05, 0) is 50.3 Å². The van der Waals surface area contributed by atoms with Crippen LogP contribution in [0.25, 0.3) is 27.7 Å². The van der Waals surface area contributed by atoms with Crippen LogP contribution in [0.1, 0.15) is 23.2 Å². The molecule has 0 unspecified atom stereocenters. The van der Waals surface area contributed by atoms with Gasteiger partial charge in [-0.15, -0.1) is 0 Å². The molecule has 0 spiro atoms. The molecule has 2 saturated heterocycles. The average molecular weight is 465 g/mol. The molecule has 2 fully saturated rings. The number of imidazole rings is 1. The van der Waals surface area contributed by atoms with Crippen molar-refractivity contribution in [1.82, 2.24) is 24.2 Å². The van der Waals surface area contributed by atoms with Crippen molar-refractivity contribution in [1.29, 1.82) is 0 Å². The number of nitrogens with zero attached hydrogens (tertiary/aromatic N) is 6. The number of carbonyl (C=O) groups is 1. The molecule has 3 aromatic heterocycles. The number of rotatable bonds is 2. The Morgan fingerprint density at radius 2 is 1.82 bits per heavy atom. The number of benzene rings is 1. The Morgan fingerprint density at radius 1 is 0.971 bits per heavy atom. The summed E-state index contributed by atoms with van der Waals surface area (Å²) in [5, 5.41) is 0.778. The minimum absolute atomic E-state index is 0.0385. The van der Waals surface area contributed by atoms with E-state index < -0.39 is 18.4 Å². The molecule has 0 saturated carbocycles. The van der Waals surface area contributed by atoms with E-state index in [1.165, 1.54) is 4.90 Å². The number of likely N-dealkylation sites (N-methyl/N-ethyl adjacent to an activating group) is 1. The van der Waals surface area contributed by atoms with Crippen molar-refractivity contribution in [2.45, 2.75) is 18.8 Å². The van der Waals surface area contributed by atoms with Crippen molar-refractivity contribution in [2.75, 3.05) is 51.2 Å². The molecule has 9 heteroatoms. The smallest absolute Gasteiger partial charge is 0.267 e. The lowest BCUT2D eigenvalue weighted by atomic mass is 10.1. The van der Waals surface area contributed by atoms with E-state index in [1.54, 1.807) is 6.07 Å². The van der Waals surface area contributed by atoms with E-state index in [-0.39, 0.29) is 13.0 Å². The van der Waals surface area contributed by atoms with Crippen LogP contribution < -0.4 is 4.90 Å². The number of pyridine rings is 2. The molecule has 1 amide bonds. The van der Waals surface area contributed by atoms with Crippen LogP contribution in [-0.4, -0.2) is 82.3 Å². The summed E-state index contributed by atoms with van der Waals surface area (Å²) < 4.78 is 29.6. The number of anilines is 1. The Bertz CT molecular complexity index is 1420. The van der Waals surface area contributed by atoms with E-state index in [0.717, 1.165) is 54.8 Å². The fourth-order valence-corrected chi connectivity index (χ4v) is 5.07. The van der Waals surface area contributed by atoms with Crippen LogP contribution in [0.2, 0.25) is 0 Å². The zero-order chi connectivity index (χ0) is 23.4. The highest BCUT2D eigenvalue weighted by Gasteiger charge is 2.41. The first-order valence-electron chi connectivity index (χ1n) is 11.7. The summed E-state index contributed by atoms with van der Waals surface area (Å²) >= 11 is 0. The van der Waals surface area contributed by atoms with Gasteiger partial charge in [-0.1, -0.05) is 12.1 Å². The van der Waals surface area contributed by atoms with Gasteiger partial charge in [-0.2, -0.15) is 0 Å². The van der Waals surface area contributed by atoms with Gasteiger partial charge in [-0.25, -0.2) is 18.7 Å². The molecule has 6 rings (SSSR count). The van der Waals surface area contributed by atoms with Crippen molar-refractivity contribution < 1.29 is 13.6 Å². The van der Waals surface area contributed by atoms with Gasteiger partial charge in [0.25, 0.3) is 11.8 Å². The minimum atomic E-state index is -2.85. The van der Waals surface area contributed by atoms with E-state index in [2.05, 4.69) is 16.8 Å².